The topological polar surface area (TPSA) is 47.6 Å². The van der Waals surface area contributed by atoms with Crippen LogP contribution in [0.5, 0.6) is 17.2 Å². The van der Waals surface area contributed by atoms with Crippen molar-refractivity contribution in [2.45, 2.75) is 18.7 Å². The smallest absolute Gasteiger partial charge is 0.416 e. The molecule has 1 heterocycles. The number of para-hydroxylation sites is 1. The molecule has 1 N–H and O–H groups in total. The quantitative estimate of drug-likeness (QED) is 0.553. The Hall–Kier alpha value is -3.55. The van der Waals surface area contributed by atoms with Gasteiger partial charge in [-0.3, -0.25) is 4.79 Å². The molecule has 0 unspecified atom stereocenters. The van der Waals surface area contributed by atoms with Gasteiger partial charge in [0, 0.05) is 17.5 Å². The van der Waals surface area contributed by atoms with Crippen molar-refractivity contribution in [3.8, 4) is 17.2 Å². The number of benzene rings is 3. The molecule has 160 valence electrons. The number of alkyl halides is 3. The van der Waals surface area contributed by atoms with Gasteiger partial charge >= 0.3 is 6.18 Å². The van der Waals surface area contributed by atoms with E-state index in [2.05, 4.69) is 5.32 Å². The van der Waals surface area contributed by atoms with Crippen molar-refractivity contribution in [3.05, 3.63) is 89.2 Å². The van der Waals surface area contributed by atoms with Crippen LogP contribution in [-0.4, -0.2) is 18.6 Å². The van der Waals surface area contributed by atoms with E-state index in [1.54, 1.807) is 12.1 Å². The summed E-state index contributed by atoms with van der Waals surface area (Å²) in [5.41, 5.74) is -0.729. The van der Waals surface area contributed by atoms with E-state index in [-0.39, 0.29) is 6.54 Å². The van der Waals surface area contributed by atoms with Crippen LogP contribution in [0.2, 0.25) is 0 Å². The Balaban J connectivity index is 1.37. The van der Waals surface area contributed by atoms with E-state index in [0.29, 0.717) is 35.8 Å². The lowest BCUT2D eigenvalue weighted by Gasteiger charge is -2.13. The summed E-state index contributed by atoms with van der Waals surface area (Å²) in [5.74, 6) is 0.0362. The number of carbonyl (C=O) groups excluding carboxylic acids is 1. The van der Waals surface area contributed by atoms with Gasteiger partial charge in [-0.1, -0.05) is 18.2 Å². The Labute approximate surface area is 175 Å². The number of nitrogens with one attached hydrogen (secondary N) is 1. The summed E-state index contributed by atoms with van der Waals surface area (Å²) in [6.45, 7) is 0.0558. The van der Waals surface area contributed by atoms with Crippen molar-refractivity contribution in [1.82, 2.24) is 5.32 Å². The summed E-state index contributed by atoms with van der Waals surface area (Å²) in [5, 5.41) is 2.51. The minimum Gasteiger partial charge on any atom is -0.488 e. The highest BCUT2D eigenvalue weighted by atomic mass is 19.4. The summed E-state index contributed by atoms with van der Waals surface area (Å²) < 4.78 is 63.6. The van der Waals surface area contributed by atoms with Crippen LogP contribution >= 0.6 is 0 Å². The van der Waals surface area contributed by atoms with Crippen molar-refractivity contribution in [2.24, 2.45) is 0 Å². The van der Waals surface area contributed by atoms with Crippen LogP contribution in [0.3, 0.4) is 0 Å². The monoisotopic (exact) mass is 431 g/mol. The summed E-state index contributed by atoms with van der Waals surface area (Å²) in [6.07, 6.45) is -4.66. The Morgan fingerprint density at radius 2 is 1.81 bits per heavy atom. The fraction of sp³-hybridized carbons (Fsp3) is 0.174. The van der Waals surface area contributed by atoms with Crippen LogP contribution in [0.25, 0.3) is 0 Å². The third-order valence-corrected chi connectivity index (χ3v) is 4.73. The highest BCUT2D eigenvalue weighted by molar-refractivity contribution is 5.94. The zero-order chi connectivity index (χ0) is 22.0. The standard InChI is InChI=1S/C23H17F4NO3/c24-17-9-15(8-16(12-17)23(25,26)27)22(29)28-13-20-11-14-10-19(6-7-21(14)31-20)30-18-4-2-1-3-5-18/h1-10,12,20H,11,13H2,(H,28,29)/t20-/m1/s1. The Morgan fingerprint density at radius 1 is 1.03 bits per heavy atom. The van der Waals surface area contributed by atoms with E-state index < -0.39 is 35.1 Å². The number of hydrogen-bond acceptors (Lipinski definition) is 3. The van der Waals surface area contributed by atoms with Gasteiger partial charge in [0.2, 0.25) is 0 Å². The summed E-state index contributed by atoms with van der Waals surface area (Å²) >= 11 is 0. The fourth-order valence-corrected chi connectivity index (χ4v) is 3.29. The first kappa shape index (κ1) is 20.7. The average Bonchev–Trinajstić information content (AvgIpc) is 3.14. The van der Waals surface area contributed by atoms with Crippen LogP contribution in [-0.2, 0) is 12.6 Å². The molecule has 0 spiro atoms. The van der Waals surface area contributed by atoms with E-state index in [1.807, 2.05) is 36.4 Å². The lowest BCUT2D eigenvalue weighted by Crippen LogP contribution is -2.34. The molecule has 1 amide bonds. The highest BCUT2D eigenvalue weighted by Gasteiger charge is 2.32. The molecule has 0 saturated carbocycles. The number of carbonyl (C=O) groups is 1. The van der Waals surface area contributed by atoms with Crippen molar-refractivity contribution in [1.29, 1.82) is 0 Å². The van der Waals surface area contributed by atoms with Crippen LogP contribution < -0.4 is 14.8 Å². The van der Waals surface area contributed by atoms with Gasteiger partial charge in [-0.05, 0) is 48.5 Å². The normalized spacial score (nSPS) is 15.2. The first-order valence-electron chi connectivity index (χ1n) is 9.46. The largest absolute Gasteiger partial charge is 0.488 e. The molecule has 1 aliphatic rings. The second kappa shape index (κ2) is 8.29. The van der Waals surface area contributed by atoms with Gasteiger partial charge in [0.05, 0.1) is 12.1 Å². The molecule has 0 saturated heterocycles. The predicted octanol–water partition coefficient (Wildman–Crippen LogP) is 5.37. The lowest BCUT2D eigenvalue weighted by atomic mass is 10.1. The van der Waals surface area contributed by atoms with Crippen LogP contribution in [0.1, 0.15) is 21.5 Å². The third-order valence-electron chi connectivity index (χ3n) is 4.73. The molecule has 1 aliphatic heterocycles. The van der Waals surface area contributed by atoms with Crippen LogP contribution in [0.15, 0.2) is 66.7 Å². The maximum atomic E-state index is 13.5. The molecule has 8 heteroatoms. The lowest BCUT2D eigenvalue weighted by molar-refractivity contribution is -0.137. The third kappa shape index (κ3) is 4.96. The first-order valence-corrected chi connectivity index (χ1v) is 9.46. The Kier molecular flexibility index (Phi) is 5.54. The minimum absolute atomic E-state index is 0.0558. The zero-order valence-corrected chi connectivity index (χ0v) is 16.1. The van der Waals surface area contributed by atoms with Gasteiger partial charge < -0.3 is 14.8 Å². The highest BCUT2D eigenvalue weighted by Crippen LogP contribution is 2.34. The number of rotatable bonds is 5. The maximum Gasteiger partial charge on any atom is 0.416 e. The maximum absolute atomic E-state index is 13.5. The molecule has 0 aromatic heterocycles. The van der Waals surface area contributed by atoms with E-state index in [4.69, 9.17) is 9.47 Å². The molecule has 3 aromatic rings. The van der Waals surface area contributed by atoms with Crippen molar-refractivity contribution >= 4 is 5.91 Å². The molecule has 0 radical (unpaired) electrons. The zero-order valence-electron chi connectivity index (χ0n) is 16.1. The molecule has 3 aromatic carbocycles. The summed E-state index contributed by atoms with van der Waals surface area (Å²) in [7, 11) is 0. The van der Waals surface area contributed by atoms with E-state index in [1.165, 1.54) is 0 Å². The predicted molar refractivity (Wildman–Crippen MR) is 105 cm³/mol. The fourth-order valence-electron chi connectivity index (χ4n) is 3.29. The van der Waals surface area contributed by atoms with Gasteiger partial charge in [-0.15, -0.1) is 0 Å². The van der Waals surface area contributed by atoms with Crippen LogP contribution in [0, 0.1) is 5.82 Å². The molecule has 0 fully saturated rings. The van der Waals surface area contributed by atoms with Gasteiger partial charge in [0.25, 0.3) is 5.91 Å². The average molecular weight is 431 g/mol. The second-order valence-corrected chi connectivity index (χ2v) is 7.06. The van der Waals surface area contributed by atoms with Gasteiger partial charge in [0.1, 0.15) is 29.2 Å². The van der Waals surface area contributed by atoms with E-state index >= 15 is 0 Å². The molecule has 4 nitrogen and oxygen atoms in total. The van der Waals surface area contributed by atoms with Gasteiger partial charge in [-0.2, -0.15) is 13.2 Å². The number of amides is 1. The number of fused-ring (bicyclic) bond motifs is 1. The van der Waals surface area contributed by atoms with E-state index in [9.17, 15) is 22.4 Å². The number of halogens is 4. The molecule has 4 rings (SSSR count). The van der Waals surface area contributed by atoms with E-state index in [0.717, 1.165) is 11.6 Å². The van der Waals surface area contributed by atoms with Gasteiger partial charge in [0.15, 0.2) is 0 Å². The van der Waals surface area contributed by atoms with Crippen LogP contribution in [0.4, 0.5) is 17.6 Å². The molecule has 0 bridgehead atoms. The molecular weight excluding hydrogens is 414 g/mol. The van der Waals surface area contributed by atoms with Crippen molar-refractivity contribution < 1.29 is 31.8 Å². The number of hydrogen-bond donors (Lipinski definition) is 1. The molecule has 31 heavy (non-hydrogen) atoms. The Bertz CT molecular complexity index is 1100. The second-order valence-electron chi connectivity index (χ2n) is 7.06. The van der Waals surface area contributed by atoms with Gasteiger partial charge in [-0.25, -0.2) is 4.39 Å². The molecule has 1 atom stereocenters. The molecular formula is C23H17F4NO3. The first-order chi connectivity index (χ1) is 14.8. The number of ether oxygens (including phenoxy) is 2. The van der Waals surface area contributed by atoms with Crippen molar-refractivity contribution in [2.75, 3.05) is 6.54 Å². The van der Waals surface area contributed by atoms with Crippen molar-refractivity contribution in [3.63, 3.8) is 0 Å². The SMILES string of the molecule is O=C(NC[C@H]1Cc2cc(Oc3ccccc3)ccc2O1)c1cc(F)cc(C(F)(F)F)c1. The molecule has 0 aliphatic carbocycles. The summed E-state index contributed by atoms with van der Waals surface area (Å²) in [6, 6.07) is 16.4. The summed E-state index contributed by atoms with van der Waals surface area (Å²) in [4.78, 5) is 12.2. The minimum atomic E-state index is -4.74. The Morgan fingerprint density at radius 3 is 2.55 bits per heavy atom.